The van der Waals surface area contributed by atoms with Gasteiger partial charge in [0, 0.05) is 12.7 Å². The summed E-state index contributed by atoms with van der Waals surface area (Å²) in [6, 6.07) is 2.73. The van der Waals surface area contributed by atoms with E-state index in [1.54, 1.807) is 4.68 Å². The number of halogens is 1. The first-order chi connectivity index (χ1) is 8.69. The molecule has 5 nitrogen and oxygen atoms in total. The van der Waals surface area contributed by atoms with Gasteiger partial charge < -0.3 is 9.84 Å². The summed E-state index contributed by atoms with van der Waals surface area (Å²) in [7, 11) is 1.47. The lowest BCUT2D eigenvalue weighted by Gasteiger charge is -2.14. The number of aliphatic hydroxyl groups excluding tert-OH is 1. The molecule has 1 atom stereocenters. The average molecular weight is 251 g/mol. The summed E-state index contributed by atoms with van der Waals surface area (Å²) in [4.78, 5) is 3.86. The van der Waals surface area contributed by atoms with E-state index in [0.29, 0.717) is 18.0 Å². The third-order valence-electron chi connectivity index (χ3n) is 2.67. The van der Waals surface area contributed by atoms with Crippen LogP contribution in [0.1, 0.15) is 24.4 Å². The minimum absolute atomic E-state index is 0.0361. The maximum absolute atomic E-state index is 13.6. The number of nitrogens with zero attached hydrogens (tertiary/aromatic N) is 3. The number of aliphatic hydroxyl groups is 1. The lowest BCUT2D eigenvalue weighted by molar-refractivity contribution is 0.192. The molecule has 1 N–H and O–H groups in total. The van der Waals surface area contributed by atoms with E-state index in [9.17, 15) is 9.50 Å². The molecule has 0 aliphatic heterocycles. The molecule has 0 amide bonds. The Balaban J connectivity index is 2.48. The van der Waals surface area contributed by atoms with Crippen LogP contribution in [-0.4, -0.2) is 27.0 Å². The van der Waals surface area contributed by atoms with Crippen LogP contribution >= 0.6 is 0 Å². The molecule has 0 aliphatic carbocycles. The van der Waals surface area contributed by atoms with Gasteiger partial charge in [0.15, 0.2) is 5.75 Å². The first kappa shape index (κ1) is 12.5. The molecule has 0 bridgehead atoms. The zero-order chi connectivity index (χ0) is 13.1. The van der Waals surface area contributed by atoms with E-state index in [0.717, 1.165) is 0 Å². The lowest BCUT2D eigenvalue weighted by Crippen LogP contribution is -2.12. The summed E-state index contributed by atoms with van der Waals surface area (Å²) < 4.78 is 20.3. The van der Waals surface area contributed by atoms with Crippen molar-refractivity contribution in [1.29, 1.82) is 0 Å². The quantitative estimate of drug-likeness (QED) is 0.895. The molecule has 0 radical (unpaired) electrons. The van der Waals surface area contributed by atoms with Gasteiger partial charge in [-0.15, -0.1) is 0 Å². The van der Waals surface area contributed by atoms with Gasteiger partial charge in [-0.2, -0.15) is 5.10 Å². The standard InChI is InChI=1S/C12H14FN3O2/c1-3-16-11(9(18-2)7-15-16)12(17)10-8(13)5-4-6-14-10/h4-7,12,17H,3H2,1-2H3. The van der Waals surface area contributed by atoms with Crippen LogP contribution in [0.2, 0.25) is 0 Å². The van der Waals surface area contributed by atoms with E-state index in [1.807, 2.05) is 6.92 Å². The van der Waals surface area contributed by atoms with Crippen LogP contribution in [0.4, 0.5) is 4.39 Å². The molecule has 18 heavy (non-hydrogen) atoms. The molecule has 2 aromatic heterocycles. The number of methoxy groups -OCH3 is 1. The number of hydrogen-bond donors (Lipinski definition) is 1. The Morgan fingerprint density at radius 1 is 1.56 bits per heavy atom. The van der Waals surface area contributed by atoms with Crippen molar-refractivity contribution in [2.75, 3.05) is 7.11 Å². The molecule has 96 valence electrons. The van der Waals surface area contributed by atoms with Crippen molar-refractivity contribution in [1.82, 2.24) is 14.8 Å². The Kier molecular flexibility index (Phi) is 3.57. The zero-order valence-corrected chi connectivity index (χ0v) is 10.2. The van der Waals surface area contributed by atoms with Gasteiger partial charge in [0.2, 0.25) is 0 Å². The Morgan fingerprint density at radius 3 is 2.94 bits per heavy atom. The second-order valence-electron chi connectivity index (χ2n) is 3.69. The van der Waals surface area contributed by atoms with Gasteiger partial charge in [-0.1, -0.05) is 0 Å². The molecule has 0 aliphatic rings. The number of aryl methyl sites for hydroxylation is 1. The summed E-state index contributed by atoms with van der Waals surface area (Å²) in [6.07, 6.45) is 1.72. The van der Waals surface area contributed by atoms with E-state index in [4.69, 9.17) is 4.74 Å². The monoisotopic (exact) mass is 251 g/mol. The lowest BCUT2D eigenvalue weighted by atomic mass is 10.1. The maximum Gasteiger partial charge on any atom is 0.163 e. The molecule has 2 rings (SSSR count). The van der Waals surface area contributed by atoms with Gasteiger partial charge in [0.05, 0.1) is 13.3 Å². The SMILES string of the molecule is CCn1ncc(OC)c1C(O)c1ncccc1F. The molecule has 6 heteroatoms. The number of rotatable bonds is 4. The van der Waals surface area contributed by atoms with Crippen LogP contribution in [0.5, 0.6) is 5.75 Å². The summed E-state index contributed by atoms with van der Waals surface area (Å²) in [5.74, 6) is -0.148. The highest BCUT2D eigenvalue weighted by atomic mass is 19.1. The van der Waals surface area contributed by atoms with Gasteiger partial charge in [-0.05, 0) is 19.1 Å². The van der Waals surface area contributed by atoms with E-state index < -0.39 is 11.9 Å². The number of aromatic nitrogens is 3. The van der Waals surface area contributed by atoms with E-state index in [1.165, 1.54) is 31.6 Å². The topological polar surface area (TPSA) is 60.2 Å². The number of pyridine rings is 1. The smallest absolute Gasteiger partial charge is 0.163 e. The zero-order valence-electron chi connectivity index (χ0n) is 10.2. The fourth-order valence-corrected chi connectivity index (χ4v) is 1.79. The van der Waals surface area contributed by atoms with Crippen molar-refractivity contribution >= 4 is 0 Å². The van der Waals surface area contributed by atoms with Gasteiger partial charge in [0.1, 0.15) is 23.3 Å². The largest absolute Gasteiger partial charge is 0.493 e. The van der Waals surface area contributed by atoms with E-state index in [-0.39, 0.29) is 5.69 Å². The first-order valence-corrected chi connectivity index (χ1v) is 5.57. The normalized spacial score (nSPS) is 12.4. The van der Waals surface area contributed by atoms with Gasteiger partial charge in [-0.25, -0.2) is 4.39 Å². The summed E-state index contributed by atoms with van der Waals surface area (Å²) in [5.41, 5.74) is 0.364. The van der Waals surface area contributed by atoms with E-state index in [2.05, 4.69) is 10.1 Å². The third-order valence-corrected chi connectivity index (χ3v) is 2.67. The summed E-state index contributed by atoms with van der Waals surface area (Å²) in [6.45, 7) is 2.42. The van der Waals surface area contributed by atoms with Crippen LogP contribution in [0, 0.1) is 5.82 Å². The number of ether oxygens (including phenoxy) is 1. The van der Waals surface area contributed by atoms with Crippen molar-refractivity contribution in [3.63, 3.8) is 0 Å². The van der Waals surface area contributed by atoms with Gasteiger partial charge in [-0.3, -0.25) is 9.67 Å². The highest BCUT2D eigenvalue weighted by molar-refractivity contribution is 5.32. The van der Waals surface area contributed by atoms with Gasteiger partial charge >= 0.3 is 0 Å². The Labute approximate surface area is 104 Å². The summed E-state index contributed by atoms with van der Waals surface area (Å²) in [5, 5.41) is 14.3. The predicted molar refractivity (Wildman–Crippen MR) is 62.7 cm³/mol. The van der Waals surface area contributed by atoms with Crippen molar-refractivity contribution < 1.29 is 14.2 Å². The molecule has 1 unspecified atom stereocenters. The predicted octanol–water partition coefficient (Wildman–Crippen LogP) is 1.53. The van der Waals surface area contributed by atoms with Crippen LogP contribution in [-0.2, 0) is 6.54 Å². The summed E-state index contributed by atoms with van der Waals surface area (Å²) >= 11 is 0. The third kappa shape index (κ3) is 2.06. The Bertz CT molecular complexity index is 520. The maximum atomic E-state index is 13.6. The molecule has 0 fully saturated rings. The molecule has 0 aromatic carbocycles. The fourth-order valence-electron chi connectivity index (χ4n) is 1.79. The van der Waals surface area contributed by atoms with Crippen LogP contribution < -0.4 is 4.74 Å². The molecular weight excluding hydrogens is 237 g/mol. The van der Waals surface area contributed by atoms with Crippen LogP contribution in [0.3, 0.4) is 0 Å². The minimum Gasteiger partial charge on any atom is -0.493 e. The fraction of sp³-hybridized carbons (Fsp3) is 0.333. The first-order valence-electron chi connectivity index (χ1n) is 5.57. The van der Waals surface area contributed by atoms with Crippen molar-refractivity contribution in [2.45, 2.75) is 19.6 Å². The molecule has 0 saturated heterocycles. The van der Waals surface area contributed by atoms with Crippen LogP contribution in [0.25, 0.3) is 0 Å². The van der Waals surface area contributed by atoms with E-state index >= 15 is 0 Å². The Morgan fingerprint density at radius 2 is 2.33 bits per heavy atom. The van der Waals surface area contributed by atoms with Crippen molar-refractivity contribution in [3.8, 4) is 5.75 Å². The highest BCUT2D eigenvalue weighted by Crippen LogP contribution is 2.29. The molecule has 2 heterocycles. The number of hydrogen-bond acceptors (Lipinski definition) is 4. The second kappa shape index (κ2) is 5.14. The Hall–Kier alpha value is -1.95. The molecule has 2 aromatic rings. The van der Waals surface area contributed by atoms with Crippen LogP contribution in [0.15, 0.2) is 24.5 Å². The molecule has 0 spiro atoms. The van der Waals surface area contributed by atoms with Crippen molar-refractivity contribution in [3.05, 3.63) is 41.7 Å². The minimum atomic E-state index is -1.21. The highest BCUT2D eigenvalue weighted by Gasteiger charge is 2.24. The average Bonchev–Trinajstić information content (AvgIpc) is 2.81. The van der Waals surface area contributed by atoms with Gasteiger partial charge in [0.25, 0.3) is 0 Å². The van der Waals surface area contributed by atoms with Crippen molar-refractivity contribution in [2.24, 2.45) is 0 Å². The molecule has 0 saturated carbocycles. The molecular formula is C12H14FN3O2. The second-order valence-corrected chi connectivity index (χ2v) is 3.69.